The first-order valence-corrected chi connectivity index (χ1v) is 10.5. The number of carbonyl (C=O) groups is 2. The number of benzene rings is 2. The first-order chi connectivity index (χ1) is 14.6. The summed E-state index contributed by atoms with van der Waals surface area (Å²) in [4.78, 5) is 31.5. The lowest BCUT2D eigenvalue weighted by molar-refractivity contribution is 0.0850. The third-order valence-corrected chi connectivity index (χ3v) is 5.98. The lowest BCUT2D eigenvalue weighted by atomic mass is 10.0. The summed E-state index contributed by atoms with van der Waals surface area (Å²) >= 11 is 7.32. The standard InChI is InChI=1S/C23H18ClN3O2S/c24-18-8-6-16(7-9-18)20-10-11-21(30-20)23(29)26-19(14-27-13-12-25-15-27)22(28)17-4-2-1-3-5-17/h1-13,15,19H,14H2,(H,26,29). The third-order valence-electron chi connectivity index (χ3n) is 4.59. The molecule has 150 valence electrons. The van der Waals surface area contributed by atoms with Crippen LogP contribution in [0.1, 0.15) is 20.0 Å². The van der Waals surface area contributed by atoms with E-state index in [9.17, 15) is 9.59 Å². The molecule has 0 saturated carbocycles. The van der Waals surface area contributed by atoms with Gasteiger partial charge in [0.1, 0.15) is 6.04 Å². The fourth-order valence-electron chi connectivity index (χ4n) is 3.06. The third kappa shape index (κ3) is 4.67. The second-order valence-corrected chi connectivity index (χ2v) is 8.21. The first-order valence-electron chi connectivity index (χ1n) is 9.32. The first kappa shape index (κ1) is 20.1. The molecule has 2 aromatic carbocycles. The maximum absolute atomic E-state index is 13.0. The molecular weight excluding hydrogens is 418 g/mol. The highest BCUT2D eigenvalue weighted by Gasteiger charge is 2.24. The normalized spacial score (nSPS) is 11.8. The Morgan fingerprint density at radius 3 is 2.50 bits per heavy atom. The van der Waals surface area contributed by atoms with E-state index in [0.29, 0.717) is 22.0 Å². The second kappa shape index (κ2) is 9.07. The molecule has 0 aliphatic rings. The topological polar surface area (TPSA) is 64.0 Å². The molecule has 0 aliphatic carbocycles. The minimum absolute atomic E-state index is 0.146. The Morgan fingerprint density at radius 1 is 1.03 bits per heavy atom. The summed E-state index contributed by atoms with van der Waals surface area (Å²) in [5.74, 6) is -0.429. The lowest BCUT2D eigenvalue weighted by Gasteiger charge is -2.18. The van der Waals surface area contributed by atoms with Crippen molar-refractivity contribution in [3.05, 3.63) is 101 Å². The highest BCUT2D eigenvalue weighted by atomic mass is 35.5. The zero-order valence-corrected chi connectivity index (χ0v) is 17.4. The molecule has 7 heteroatoms. The monoisotopic (exact) mass is 435 g/mol. The number of nitrogens with one attached hydrogen (secondary N) is 1. The molecule has 4 rings (SSSR count). The van der Waals surface area contributed by atoms with Gasteiger partial charge in [-0.3, -0.25) is 9.59 Å². The van der Waals surface area contributed by atoms with Crippen molar-refractivity contribution in [2.75, 3.05) is 0 Å². The zero-order valence-electron chi connectivity index (χ0n) is 15.9. The van der Waals surface area contributed by atoms with Crippen molar-refractivity contribution in [3.8, 4) is 10.4 Å². The van der Waals surface area contributed by atoms with Gasteiger partial charge < -0.3 is 9.88 Å². The van der Waals surface area contributed by atoms with Gasteiger partial charge >= 0.3 is 0 Å². The summed E-state index contributed by atoms with van der Waals surface area (Å²) in [5, 5.41) is 3.56. The number of hydrogen-bond acceptors (Lipinski definition) is 4. The summed E-state index contributed by atoms with van der Waals surface area (Å²) in [5.41, 5.74) is 1.54. The van der Waals surface area contributed by atoms with Gasteiger partial charge in [0.15, 0.2) is 5.78 Å². The number of aromatic nitrogens is 2. The van der Waals surface area contributed by atoms with Crippen molar-refractivity contribution in [2.45, 2.75) is 12.6 Å². The fourth-order valence-corrected chi connectivity index (χ4v) is 4.10. The maximum atomic E-state index is 13.0. The smallest absolute Gasteiger partial charge is 0.262 e. The van der Waals surface area contributed by atoms with E-state index in [1.165, 1.54) is 11.3 Å². The molecule has 30 heavy (non-hydrogen) atoms. The number of ketones is 1. The van der Waals surface area contributed by atoms with Gasteiger partial charge in [0, 0.05) is 27.9 Å². The number of rotatable bonds is 7. The van der Waals surface area contributed by atoms with Crippen LogP contribution in [0.2, 0.25) is 5.02 Å². The molecule has 0 bridgehead atoms. The van der Waals surface area contributed by atoms with Crippen LogP contribution in [0.15, 0.2) is 85.5 Å². The van der Waals surface area contributed by atoms with Gasteiger partial charge in [-0.2, -0.15) is 0 Å². The van der Waals surface area contributed by atoms with Crippen LogP contribution in [0.5, 0.6) is 0 Å². The van der Waals surface area contributed by atoms with Crippen molar-refractivity contribution < 1.29 is 9.59 Å². The van der Waals surface area contributed by atoms with Crippen LogP contribution >= 0.6 is 22.9 Å². The molecule has 1 amide bonds. The molecule has 0 fully saturated rings. The predicted octanol–water partition coefficient (Wildman–Crippen LogP) is 4.95. The molecule has 2 heterocycles. The number of Topliss-reactive ketones (excluding diaryl/α,β-unsaturated/α-hetero) is 1. The van der Waals surface area contributed by atoms with Crippen molar-refractivity contribution in [2.24, 2.45) is 0 Å². The van der Waals surface area contributed by atoms with Crippen LogP contribution in [-0.4, -0.2) is 27.3 Å². The van der Waals surface area contributed by atoms with Gasteiger partial charge in [0.2, 0.25) is 0 Å². The highest BCUT2D eigenvalue weighted by Crippen LogP contribution is 2.29. The lowest BCUT2D eigenvalue weighted by Crippen LogP contribution is -2.43. The van der Waals surface area contributed by atoms with Gasteiger partial charge in [0.05, 0.1) is 17.7 Å². The Bertz CT molecular complexity index is 1140. The Labute approximate surface area is 183 Å². The van der Waals surface area contributed by atoms with E-state index < -0.39 is 6.04 Å². The van der Waals surface area contributed by atoms with E-state index in [0.717, 1.165) is 10.4 Å². The summed E-state index contributed by atoms with van der Waals surface area (Å²) in [6.07, 6.45) is 5.03. The van der Waals surface area contributed by atoms with Crippen LogP contribution in [0, 0.1) is 0 Å². The average molecular weight is 436 g/mol. The van der Waals surface area contributed by atoms with E-state index in [4.69, 9.17) is 11.6 Å². The molecular formula is C23H18ClN3O2S. The summed E-state index contributed by atoms with van der Waals surface area (Å²) in [7, 11) is 0. The Hall–Kier alpha value is -3.22. The van der Waals surface area contributed by atoms with E-state index in [-0.39, 0.29) is 11.7 Å². The molecule has 5 nitrogen and oxygen atoms in total. The number of carbonyl (C=O) groups excluding carboxylic acids is 2. The van der Waals surface area contributed by atoms with Crippen LogP contribution in [0.3, 0.4) is 0 Å². The molecule has 0 radical (unpaired) electrons. The van der Waals surface area contributed by atoms with Crippen molar-refractivity contribution >= 4 is 34.6 Å². The van der Waals surface area contributed by atoms with Gasteiger partial charge in [-0.1, -0.05) is 54.1 Å². The van der Waals surface area contributed by atoms with E-state index in [2.05, 4.69) is 10.3 Å². The number of thiophene rings is 1. The molecule has 0 aliphatic heterocycles. The van der Waals surface area contributed by atoms with Crippen molar-refractivity contribution in [3.63, 3.8) is 0 Å². The Kier molecular flexibility index (Phi) is 6.07. The number of amides is 1. The van der Waals surface area contributed by atoms with E-state index in [1.54, 1.807) is 53.6 Å². The van der Waals surface area contributed by atoms with Gasteiger partial charge in [-0.05, 0) is 29.8 Å². The molecule has 4 aromatic rings. The summed E-state index contributed by atoms with van der Waals surface area (Å²) in [6, 6.07) is 19.4. The Balaban J connectivity index is 1.54. The van der Waals surface area contributed by atoms with Gasteiger partial charge in [0.25, 0.3) is 5.91 Å². The summed E-state index contributed by atoms with van der Waals surface area (Å²) < 4.78 is 1.78. The number of nitrogens with zero attached hydrogens (tertiary/aromatic N) is 2. The minimum atomic E-state index is -0.713. The van der Waals surface area contributed by atoms with Crippen molar-refractivity contribution in [1.29, 1.82) is 0 Å². The molecule has 0 spiro atoms. The SMILES string of the molecule is O=C(NC(Cn1ccnc1)C(=O)c1ccccc1)c1ccc(-c2ccc(Cl)cc2)s1. The van der Waals surface area contributed by atoms with Gasteiger partial charge in [-0.15, -0.1) is 11.3 Å². The molecule has 1 atom stereocenters. The quantitative estimate of drug-likeness (QED) is 0.418. The maximum Gasteiger partial charge on any atom is 0.262 e. The Morgan fingerprint density at radius 2 is 1.80 bits per heavy atom. The summed E-state index contributed by atoms with van der Waals surface area (Å²) in [6.45, 7) is 0.300. The van der Waals surface area contributed by atoms with Crippen LogP contribution in [0.4, 0.5) is 0 Å². The molecule has 1 unspecified atom stereocenters. The minimum Gasteiger partial charge on any atom is -0.339 e. The molecule has 0 saturated heterocycles. The van der Waals surface area contributed by atoms with Gasteiger partial charge in [-0.25, -0.2) is 4.98 Å². The second-order valence-electron chi connectivity index (χ2n) is 6.69. The fraction of sp³-hybridized carbons (Fsp3) is 0.0870. The van der Waals surface area contributed by atoms with E-state index >= 15 is 0 Å². The van der Waals surface area contributed by atoms with Crippen LogP contribution in [-0.2, 0) is 6.54 Å². The average Bonchev–Trinajstić information content (AvgIpc) is 3.46. The van der Waals surface area contributed by atoms with Crippen LogP contribution < -0.4 is 5.32 Å². The predicted molar refractivity (Wildman–Crippen MR) is 119 cm³/mol. The number of hydrogen-bond donors (Lipinski definition) is 1. The molecule has 2 aromatic heterocycles. The van der Waals surface area contributed by atoms with Crippen LogP contribution in [0.25, 0.3) is 10.4 Å². The zero-order chi connectivity index (χ0) is 20.9. The largest absolute Gasteiger partial charge is 0.339 e. The highest BCUT2D eigenvalue weighted by molar-refractivity contribution is 7.17. The number of imidazole rings is 1. The van der Waals surface area contributed by atoms with Crippen molar-refractivity contribution in [1.82, 2.24) is 14.9 Å². The number of halogens is 1. The van der Waals surface area contributed by atoms with E-state index in [1.807, 2.05) is 36.4 Å². The molecule has 1 N–H and O–H groups in total.